The van der Waals surface area contributed by atoms with Gasteiger partial charge in [0.25, 0.3) is 0 Å². The summed E-state index contributed by atoms with van der Waals surface area (Å²) in [6.07, 6.45) is 4.24. The molecule has 0 aliphatic heterocycles. The van der Waals surface area contributed by atoms with Gasteiger partial charge in [-0.3, -0.25) is 5.32 Å². The summed E-state index contributed by atoms with van der Waals surface area (Å²) in [5.41, 5.74) is 3.99. The van der Waals surface area contributed by atoms with E-state index in [1.807, 2.05) is 19.1 Å². The monoisotopic (exact) mass is 576 g/mol. The molecule has 0 bridgehead atoms. The number of aromatic nitrogens is 5. The number of nitrogens with one attached hydrogen (secondary N) is 1. The van der Waals surface area contributed by atoms with E-state index < -0.39 is 24.1 Å². The largest absolute Gasteiger partial charge is 0.483 e. The molecule has 1 aliphatic carbocycles. The van der Waals surface area contributed by atoms with Crippen LogP contribution >= 0.6 is 11.3 Å². The van der Waals surface area contributed by atoms with Gasteiger partial charge in [0, 0.05) is 24.1 Å². The van der Waals surface area contributed by atoms with E-state index in [-0.39, 0.29) is 12.4 Å². The molecule has 5 aromatic rings. The molecule has 0 radical (unpaired) electrons. The molecule has 41 heavy (non-hydrogen) atoms. The third kappa shape index (κ3) is 5.58. The van der Waals surface area contributed by atoms with Gasteiger partial charge < -0.3 is 19.3 Å². The van der Waals surface area contributed by atoms with E-state index in [4.69, 9.17) is 19.3 Å². The van der Waals surface area contributed by atoms with Crippen LogP contribution in [0.5, 0.6) is 11.6 Å². The lowest BCUT2D eigenvalue weighted by Gasteiger charge is -2.35. The molecule has 1 saturated carbocycles. The summed E-state index contributed by atoms with van der Waals surface area (Å²) in [6, 6.07) is 6.87. The minimum Gasteiger partial charge on any atom is -0.483 e. The Balaban J connectivity index is 1.17. The number of methoxy groups -OCH3 is 1. The Hall–Kier alpha value is -4.49. The fourth-order valence-electron chi connectivity index (χ4n) is 4.45. The van der Waals surface area contributed by atoms with Gasteiger partial charge in [0.2, 0.25) is 5.88 Å². The summed E-state index contributed by atoms with van der Waals surface area (Å²) in [6.45, 7) is 1.90. The number of ether oxygens (including phenoxy) is 3. The van der Waals surface area contributed by atoms with Crippen LogP contribution in [0, 0.1) is 12.7 Å². The predicted molar refractivity (Wildman–Crippen MR) is 150 cm³/mol. The fraction of sp³-hybridized carbons (Fsp3) is 0.286. The highest BCUT2D eigenvalue weighted by atomic mass is 32.1. The van der Waals surface area contributed by atoms with Crippen LogP contribution in [0.15, 0.2) is 42.9 Å². The summed E-state index contributed by atoms with van der Waals surface area (Å²) in [7, 11) is 1.54. The molecule has 2 aromatic carbocycles. The van der Waals surface area contributed by atoms with Crippen molar-refractivity contribution in [3.05, 3.63) is 60.1 Å². The molecule has 0 unspecified atom stereocenters. The van der Waals surface area contributed by atoms with Gasteiger partial charge in [0.1, 0.15) is 23.0 Å². The van der Waals surface area contributed by atoms with Gasteiger partial charge in [-0.25, -0.2) is 34.1 Å². The zero-order valence-corrected chi connectivity index (χ0v) is 22.9. The van der Waals surface area contributed by atoms with Crippen molar-refractivity contribution < 1.29 is 28.5 Å². The molecule has 1 amide bonds. The molecular formula is C28H25FN6O5S. The van der Waals surface area contributed by atoms with Gasteiger partial charge in [-0.15, -0.1) is 11.3 Å². The highest BCUT2D eigenvalue weighted by Crippen LogP contribution is 2.38. The van der Waals surface area contributed by atoms with Crippen molar-refractivity contribution in [1.82, 2.24) is 24.9 Å². The first-order chi connectivity index (χ1) is 19.9. The summed E-state index contributed by atoms with van der Waals surface area (Å²) < 4.78 is 32.4. The third-order valence-corrected chi connectivity index (χ3v) is 7.68. The van der Waals surface area contributed by atoms with E-state index in [1.54, 1.807) is 12.3 Å². The zero-order valence-electron chi connectivity index (χ0n) is 22.1. The molecule has 11 nitrogen and oxygen atoms in total. The number of benzene rings is 2. The average Bonchev–Trinajstić information content (AvgIpc) is 3.36. The van der Waals surface area contributed by atoms with Gasteiger partial charge in [-0.05, 0) is 37.5 Å². The molecular weight excluding hydrogens is 551 g/mol. The number of aliphatic hydroxyl groups is 1. The Morgan fingerprint density at radius 3 is 2.61 bits per heavy atom. The maximum Gasteiger partial charge on any atom is 0.412 e. The van der Waals surface area contributed by atoms with E-state index in [2.05, 4.69) is 30.2 Å². The van der Waals surface area contributed by atoms with Gasteiger partial charge in [0.15, 0.2) is 11.6 Å². The maximum absolute atomic E-state index is 15.1. The first-order valence-electron chi connectivity index (χ1n) is 12.9. The number of nitrogens with zero attached hydrogens (tertiary/aromatic N) is 5. The number of carbonyl (C=O) groups excluding carboxylic acids is 1. The molecule has 1 aliphatic rings. The first-order valence-corrected chi connectivity index (χ1v) is 13.7. The van der Waals surface area contributed by atoms with Crippen LogP contribution in [0.4, 0.5) is 14.9 Å². The normalized spacial score (nSPS) is 16.4. The quantitative estimate of drug-likeness (QED) is 0.263. The van der Waals surface area contributed by atoms with Crippen LogP contribution in [-0.2, 0) is 11.2 Å². The van der Waals surface area contributed by atoms with Crippen molar-refractivity contribution >= 4 is 44.4 Å². The second-order valence-corrected chi connectivity index (χ2v) is 10.6. The second kappa shape index (κ2) is 11.2. The highest BCUT2D eigenvalue weighted by molar-refractivity contribution is 7.21. The number of fused-ring (bicyclic) bond motifs is 2. The van der Waals surface area contributed by atoms with Crippen molar-refractivity contribution in [3.8, 4) is 22.2 Å². The van der Waals surface area contributed by atoms with E-state index in [9.17, 15) is 4.79 Å². The lowest BCUT2D eigenvalue weighted by atomic mass is 9.92. The van der Waals surface area contributed by atoms with Gasteiger partial charge in [-0.2, -0.15) is 0 Å². The van der Waals surface area contributed by atoms with E-state index in [0.717, 1.165) is 15.8 Å². The van der Waals surface area contributed by atoms with Crippen LogP contribution < -0.4 is 14.8 Å². The van der Waals surface area contributed by atoms with Gasteiger partial charge >= 0.3 is 6.09 Å². The van der Waals surface area contributed by atoms with Crippen LogP contribution in [0.1, 0.15) is 24.2 Å². The number of rotatable bonds is 8. The number of thiazole rings is 1. The Kier molecular flexibility index (Phi) is 7.28. The fourth-order valence-corrected chi connectivity index (χ4v) is 5.44. The molecule has 1 fully saturated rings. The predicted octanol–water partition coefficient (Wildman–Crippen LogP) is 4.85. The van der Waals surface area contributed by atoms with Crippen molar-refractivity contribution in [3.63, 3.8) is 0 Å². The number of hydrogen-bond acceptors (Lipinski definition) is 11. The summed E-state index contributed by atoms with van der Waals surface area (Å²) in [5, 5.41) is 12.2. The highest BCUT2D eigenvalue weighted by Gasteiger charge is 2.37. The number of aliphatic hydroxyl groups excluding tert-OH is 1. The maximum atomic E-state index is 15.1. The van der Waals surface area contributed by atoms with Crippen LogP contribution in [0.3, 0.4) is 0 Å². The first kappa shape index (κ1) is 26.7. The Labute approximate surface area is 237 Å². The van der Waals surface area contributed by atoms with Crippen LogP contribution in [-0.4, -0.2) is 62.0 Å². The topological polar surface area (TPSA) is 141 Å². The van der Waals surface area contributed by atoms with Gasteiger partial charge in [0.05, 0.1) is 59.2 Å². The van der Waals surface area contributed by atoms with Crippen molar-refractivity contribution in [1.29, 1.82) is 0 Å². The molecule has 3 heterocycles. The number of carbonyl (C=O) groups is 1. The Morgan fingerprint density at radius 1 is 1.07 bits per heavy atom. The smallest absolute Gasteiger partial charge is 0.412 e. The number of hydrogen-bond donors (Lipinski definition) is 2. The second-order valence-electron chi connectivity index (χ2n) is 9.53. The minimum atomic E-state index is -0.684. The van der Waals surface area contributed by atoms with E-state index in [0.29, 0.717) is 58.2 Å². The van der Waals surface area contributed by atoms with Crippen LogP contribution in [0.2, 0.25) is 0 Å². The molecule has 2 N–H and O–H groups in total. The lowest BCUT2D eigenvalue weighted by molar-refractivity contribution is -0.0431. The van der Waals surface area contributed by atoms with E-state index in [1.165, 1.54) is 36.9 Å². The number of amides is 1. The third-order valence-electron chi connectivity index (χ3n) is 6.62. The summed E-state index contributed by atoms with van der Waals surface area (Å²) in [4.78, 5) is 34.2. The molecule has 2 atom stereocenters. The van der Waals surface area contributed by atoms with Crippen molar-refractivity contribution in [2.45, 2.75) is 38.4 Å². The van der Waals surface area contributed by atoms with Crippen LogP contribution in [0.25, 0.3) is 31.8 Å². The average molecular weight is 577 g/mol. The number of aryl methyl sites for hydroxylation is 1. The molecule has 13 heteroatoms. The van der Waals surface area contributed by atoms with Crippen molar-refractivity contribution in [2.75, 3.05) is 19.0 Å². The lowest BCUT2D eigenvalue weighted by Crippen LogP contribution is -2.45. The summed E-state index contributed by atoms with van der Waals surface area (Å²) >= 11 is 1.40. The van der Waals surface area contributed by atoms with E-state index >= 15 is 4.39 Å². The standard InChI is InChI=1S/C28H25FN6O5S/c1-14-7-16(26-19(8-14)34-25(38-2)13-32-26)27-35-18-9-17(29)22(10-23(18)41-27)39-20-3-4-21(20)40-28(37)33-15-11-30-24(5-6-36)31-12-15/h7-13,20-21,36H,3-6H2,1-2H3,(H,33,37)/t20-,21+/m0/s1. The zero-order chi connectivity index (χ0) is 28.5. The summed E-state index contributed by atoms with van der Waals surface area (Å²) in [5.74, 6) is 0.397. The molecule has 0 saturated heterocycles. The number of anilines is 1. The Morgan fingerprint density at radius 2 is 1.88 bits per heavy atom. The molecule has 3 aromatic heterocycles. The molecule has 210 valence electrons. The van der Waals surface area contributed by atoms with Crippen molar-refractivity contribution in [2.24, 2.45) is 0 Å². The SMILES string of the molecule is COc1cnc2c(-c3nc4cc(F)c(O[C@H]5CC[C@H]5OC(=O)Nc5cnc(CCO)nc5)cc4s3)cc(C)cc2n1. The Bertz CT molecular complexity index is 1750. The van der Waals surface area contributed by atoms with Gasteiger partial charge in [-0.1, -0.05) is 0 Å². The number of halogens is 1. The molecule has 6 rings (SSSR count). The molecule has 0 spiro atoms. The minimum absolute atomic E-state index is 0.0648.